The van der Waals surface area contributed by atoms with E-state index in [1.165, 1.54) is 0 Å². The molecule has 1 aliphatic rings. The molecule has 7 heteroatoms. The number of benzene rings is 1. The number of rotatable bonds is 6. The molecule has 0 unspecified atom stereocenters. The third kappa shape index (κ3) is 6.83. The second-order valence-corrected chi connectivity index (χ2v) is 6.86. The number of piperazine rings is 1. The minimum absolute atomic E-state index is 0. The standard InChI is InChI=1S/C19H32N4O2.HI/c1-5-20-19(23-10-8-22(9-11-23)14-15(2)3)21-13-16-6-7-18(25-4)17(24)12-16;/h6-7,12,15,24H,5,8-11,13-14H2,1-4H3,(H,20,21);1H. The molecule has 1 aromatic rings. The Hall–Kier alpha value is -1.22. The molecular weight excluding hydrogens is 443 g/mol. The van der Waals surface area contributed by atoms with Crippen molar-refractivity contribution in [2.45, 2.75) is 27.3 Å². The molecule has 0 spiro atoms. The number of guanidine groups is 1. The van der Waals surface area contributed by atoms with Gasteiger partial charge >= 0.3 is 0 Å². The van der Waals surface area contributed by atoms with Gasteiger partial charge in [0.25, 0.3) is 0 Å². The summed E-state index contributed by atoms with van der Waals surface area (Å²) in [6, 6.07) is 5.43. The van der Waals surface area contributed by atoms with E-state index in [2.05, 4.69) is 35.9 Å². The Morgan fingerprint density at radius 1 is 1.27 bits per heavy atom. The van der Waals surface area contributed by atoms with Crippen molar-refractivity contribution >= 4 is 29.9 Å². The lowest BCUT2D eigenvalue weighted by Crippen LogP contribution is -2.53. The summed E-state index contributed by atoms with van der Waals surface area (Å²) >= 11 is 0. The normalized spacial score (nSPS) is 15.7. The lowest BCUT2D eigenvalue weighted by Gasteiger charge is -2.37. The van der Waals surface area contributed by atoms with Crippen LogP contribution in [-0.2, 0) is 6.54 Å². The first-order valence-electron chi connectivity index (χ1n) is 9.15. The molecule has 1 aliphatic heterocycles. The molecule has 0 amide bonds. The molecule has 0 saturated carbocycles. The Bertz CT molecular complexity index is 573. The van der Waals surface area contributed by atoms with Crippen molar-refractivity contribution in [3.8, 4) is 11.5 Å². The van der Waals surface area contributed by atoms with E-state index in [0.717, 1.165) is 50.8 Å². The summed E-state index contributed by atoms with van der Waals surface area (Å²) in [5, 5.41) is 13.3. The Balaban J connectivity index is 0.00000338. The van der Waals surface area contributed by atoms with Gasteiger partial charge in [-0.15, -0.1) is 24.0 Å². The topological polar surface area (TPSA) is 60.3 Å². The van der Waals surface area contributed by atoms with Crippen LogP contribution in [0.5, 0.6) is 11.5 Å². The summed E-state index contributed by atoms with van der Waals surface area (Å²) in [4.78, 5) is 9.59. The quantitative estimate of drug-likeness (QED) is 0.376. The predicted molar refractivity (Wildman–Crippen MR) is 118 cm³/mol. The number of hydrogen-bond acceptors (Lipinski definition) is 4. The lowest BCUT2D eigenvalue weighted by molar-refractivity contribution is 0.164. The highest BCUT2D eigenvalue weighted by Crippen LogP contribution is 2.26. The molecule has 1 aromatic carbocycles. The minimum Gasteiger partial charge on any atom is -0.504 e. The Kier molecular flexibility index (Phi) is 10.1. The van der Waals surface area contributed by atoms with Crippen molar-refractivity contribution in [2.75, 3.05) is 46.4 Å². The highest BCUT2D eigenvalue weighted by atomic mass is 127. The van der Waals surface area contributed by atoms with Crippen LogP contribution >= 0.6 is 24.0 Å². The minimum atomic E-state index is 0. The van der Waals surface area contributed by atoms with Crippen LogP contribution in [0.3, 0.4) is 0 Å². The van der Waals surface area contributed by atoms with Crippen molar-refractivity contribution < 1.29 is 9.84 Å². The summed E-state index contributed by atoms with van der Waals surface area (Å²) < 4.78 is 5.09. The third-order valence-corrected chi connectivity index (χ3v) is 4.28. The van der Waals surface area contributed by atoms with Crippen molar-refractivity contribution in [2.24, 2.45) is 10.9 Å². The van der Waals surface area contributed by atoms with Gasteiger partial charge in [0, 0.05) is 39.3 Å². The van der Waals surface area contributed by atoms with Crippen LogP contribution in [0, 0.1) is 5.92 Å². The molecule has 6 nitrogen and oxygen atoms in total. The number of phenols is 1. The smallest absolute Gasteiger partial charge is 0.194 e. The fraction of sp³-hybridized carbons (Fsp3) is 0.632. The first kappa shape index (κ1) is 22.8. The van der Waals surface area contributed by atoms with E-state index in [9.17, 15) is 5.11 Å². The monoisotopic (exact) mass is 476 g/mol. The Morgan fingerprint density at radius 3 is 2.50 bits per heavy atom. The van der Waals surface area contributed by atoms with E-state index < -0.39 is 0 Å². The van der Waals surface area contributed by atoms with E-state index in [1.807, 2.05) is 6.07 Å². The second kappa shape index (κ2) is 11.5. The van der Waals surface area contributed by atoms with Gasteiger partial charge < -0.3 is 20.1 Å². The van der Waals surface area contributed by atoms with Crippen LogP contribution in [0.4, 0.5) is 0 Å². The summed E-state index contributed by atoms with van der Waals surface area (Å²) in [5.74, 6) is 2.29. The molecule has 1 fully saturated rings. The van der Waals surface area contributed by atoms with Gasteiger partial charge in [-0.25, -0.2) is 4.99 Å². The van der Waals surface area contributed by atoms with E-state index in [0.29, 0.717) is 18.2 Å². The summed E-state index contributed by atoms with van der Waals surface area (Å²) in [5.41, 5.74) is 0.965. The number of aliphatic imine (C=N–C) groups is 1. The molecule has 2 N–H and O–H groups in total. The van der Waals surface area contributed by atoms with E-state index in [-0.39, 0.29) is 29.7 Å². The number of aromatic hydroxyl groups is 1. The molecule has 0 aromatic heterocycles. The average molecular weight is 476 g/mol. The zero-order valence-corrected chi connectivity index (χ0v) is 18.7. The molecular formula is C19H33IN4O2. The van der Waals surface area contributed by atoms with Crippen LogP contribution in [0.25, 0.3) is 0 Å². The van der Waals surface area contributed by atoms with Crippen molar-refractivity contribution in [1.29, 1.82) is 0 Å². The maximum Gasteiger partial charge on any atom is 0.194 e. The molecule has 1 saturated heterocycles. The number of methoxy groups -OCH3 is 1. The molecule has 26 heavy (non-hydrogen) atoms. The fourth-order valence-corrected chi connectivity index (χ4v) is 3.08. The highest BCUT2D eigenvalue weighted by molar-refractivity contribution is 14.0. The largest absolute Gasteiger partial charge is 0.504 e. The molecule has 0 bridgehead atoms. The Morgan fingerprint density at radius 2 is 1.96 bits per heavy atom. The van der Waals surface area contributed by atoms with Crippen molar-refractivity contribution in [3.05, 3.63) is 23.8 Å². The number of nitrogens with zero attached hydrogens (tertiary/aromatic N) is 3. The summed E-state index contributed by atoms with van der Waals surface area (Å²) in [6.45, 7) is 13.3. The number of halogens is 1. The number of phenolic OH excluding ortho intramolecular Hbond substituents is 1. The van der Waals surface area contributed by atoms with Gasteiger partial charge in [-0.1, -0.05) is 19.9 Å². The number of ether oxygens (including phenoxy) is 1. The van der Waals surface area contributed by atoms with Crippen molar-refractivity contribution in [3.63, 3.8) is 0 Å². The van der Waals surface area contributed by atoms with Gasteiger partial charge in [0.15, 0.2) is 17.5 Å². The van der Waals surface area contributed by atoms with Gasteiger partial charge in [0.05, 0.1) is 13.7 Å². The van der Waals surface area contributed by atoms with Gasteiger partial charge in [-0.2, -0.15) is 0 Å². The van der Waals surface area contributed by atoms with E-state index >= 15 is 0 Å². The summed E-state index contributed by atoms with van der Waals surface area (Å²) in [6.07, 6.45) is 0. The van der Waals surface area contributed by atoms with E-state index in [4.69, 9.17) is 9.73 Å². The van der Waals surface area contributed by atoms with Crippen LogP contribution in [0.1, 0.15) is 26.3 Å². The van der Waals surface area contributed by atoms with Gasteiger partial charge in [-0.3, -0.25) is 4.90 Å². The molecule has 0 radical (unpaired) electrons. The zero-order valence-electron chi connectivity index (χ0n) is 16.4. The lowest BCUT2D eigenvalue weighted by atomic mass is 10.2. The molecule has 2 rings (SSSR count). The van der Waals surface area contributed by atoms with Crippen LogP contribution < -0.4 is 10.1 Å². The zero-order chi connectivity index (χ0) is 18.2. The van der Waals surface area contributed by atoms with Crippen LogP contribution in [0.2, 0.25) is 0 Å². The SMILES string of the molecule is CCNC(=NCc1ccc(OC)c(O)c1)N1CCN(CC(C)C)CC1.I. The predicted octanol–water partition coefficient (Wildman–Crippen LogP) is 2.76. The summed E-state index contributed by atoms with van der Waals surface area (Å²) in [7, 11) is 1.55. The molecule has 1 heterocycles. The first-order valence-corrected chi connectivity index (χ1v) is 9.15. The number of hydrogen-bond donors (Lipinski definition) is 2. The third-order valence-electron chi connectivity index (χ3n) is 4.28. The average Bonchev–Trinajstić information content (AvgIpc) is 2.59. The van der Waals surface area contributed by atoms with Gasteiger partial charge in [-0.05, 0) is 30.5 Å². The van der Waals surface area contributed by atoms with E-state index in [1.54, 1.807) is 19.2 Å². The first-order chi connectivity index (χ1) is 12.0. The van der Waals surface area contributed by atoms with Gasteiger partial charge in [0.1, 0.15) is 0 Å². The second-order valence-electron chi connectivity index (χ2n) is 6.86. The molecule has 148 valence electrons. The van der Waals surface area contributed by atoms with Crippen LogP contribution in [-0.4, -0.2) is 67.2 Å². The Labute approximate surface area is 174 Å². The maximum atomic E-state index is 9.90. The fourth-order valence-electron chi connectivity index (χ4n) is 3.08. The molecule has 0 aliphatic carbocycles. The van der Waals surface area contributed by atoms with Crippen molar-refractivity contribution in [1.82, 2.24) is 15.1 Å². The number of nitrogens with one attached hydrogen (secondary N) is 1. The maximum absolute atomic E-state index is 9.90. The van der Waals surface area contributed by atoms with Gasteiger partial charge in [0.2, 0.25) is 0 Å². The van der Waals surface area contributed by atoms with Crippen LogP contribution in [0.15, 0.2) is 23.2 Å². The highest BCUT2D eigenvalue weighted by Gasteiger charge is 2.19. The molecule has 0 atom stereocenters.